The highest BCUT2D eigenvalue weighted by atomic mass is 16.5. The van der Waals surface area contributed by atoms with E-state index in [-0.39, 0.29) is 12.6 Å². The molecule has 30 heavy (non-hydrogen) atoms. The topological polar surface area (TPSA) is 76.7 Å². The van der Waals surface area contributed by atoms with Gasteiger partial charge in [0.1, 0.15) is 5.75 Å². The molecule has 1 aliphatic heterocycles. The Balaban J connectivity index is 1.78. The third-order valence-electron chi connectivity index (χ3n) is 4.94. The molecular formula is C24H28N2O4. The highest BCUT2D eigenvalue weighted by Crippen LogP contribution is 2.33. The van der Waals surface area contributed by atoms with Crippen LogP contribution in [0.1, 0.15) is 43.9 Å². The monoisotopic (exact) mass is 408 g/mol. The molecule has 0 saturated carbocycles. The van der Waals surface area contributed by atoms with E-state index in [1.807, 2.05) is 54.6 Å². The minimum absolute atomic E-state index is 0.259. The van der Waals surface area contributed by atoms with E-state index in [1.54, 1.807) is 6.92 Å². The first-order valence-corrected chi connectivity index (χ1v) is 10.3. The van der Waals surface area contributed by atoms with Crippen molar-refractivity contribution >= 4 is 12.0 Å². The molecule has 0 saturated heterocycles. The Hall–Kier alpha value is -3.28. The van der Waals surface area contributed by atoms with Crippen molar-refractivity contribution in [3.05, 3.63) is 77.0 Å². The van der Waals surface area contributed by atoms with Crippen LogP contribution in [0.2, 0.25) is 0 Å². The van der Waals surface area contributed by atoms with Crippen LogP contribution >= 0.6 is 0 Å². The van der Waals surface area contributed by atoms with Gasteiger partial charge in [-0.05, 0) is 25.0 Å². The van der Waals surface area contributed by atoms with Crippen LogP contribution in [0.3, 0.4) is 0 Å². The van der Waals surface area contributed by atoms with Gasteiger partial charge in [0.2, 0.25) is 0 Å². The van der Waals surface area contributed by atoms with Gasteiger partial charge in [-0.3, -0.25) is 0 Å². The molecule has 0 bridgehead atoms. The molecule has 2 aromatic rings. The van der Waals surface area contributed by atoms with Crippen LogP contribution < -0.4 is 15.4 Å². The number of esters is 1. The molecule has 1 heterocycles. The molecule has 0 fully saturated rings. The molecule has 6 nitrogen and oxygen atoms in total. The van der Waals surface area contributed by atoms with Crippen LogP contribution in [-0.2, 0) is 16.0 Å². The van der Waals surface area contributed by atoms with Crippen molar-refractivity contribution in [3.63, 3.8) is 0 Å². The maximum atomic E-state index is 12.9. The number of carbonyl (C=O) groups is 2. The number of rotatable bonds is 9. The fraction of sp³-hybridized carbons (Fsp3) is 0.333. The number of unbranched alkanes of at least 4 members (excludes halogenated alkanes) is 1. The van der Waals surface area contributed by atoms with Crippen LogP contribution in [0.4, 0.5) is 4.79 Å². The van der Waals surface area contributed by atoms with Gasteiger partial charge >= 0.3 is 12.0 Å². The lowest BCUT2D eigenvalue weighted by Gasteiger charge is -2.29. The summed E-state index contributed by atoms with van der Waals surface area (Å²) in [6.45, 7) is 4.64. The fourth-order valence-electron chi connectivity index (χ4n) is 3.36. The number of ether oxygens (including phenoxy) is 2. The lowest BCUT2D eigenvalue weighted by Crippen LogP contribution is -2.45. The molecule has 2 aromatic carbocycles. The number of carbonyl (C=O) groups excluding carboxylic acids is 2. The summed E-state index contributed by atoms with van der Waals surface area (Å²) in [6, 6.07) is 16.3. The second kappa shape index (κ2) is 10.5. The predicted octanol–water partition coefficient (Wildman–Crippen LogP) is 4.28. The first kappa shape index (κ1) is 21.4. The van der Waals surface area contributed by atoms with Crippen molar-refractivity contribution in [2.45, 2.75) is 39.2 Å². The summed E-state index contributed by atoms with van der Waals surface area (Å²) in [4.78, 5) is 25.1. The van der Waals surface area contributed by atoms with Crippen molar-refractivity contribution in [2.24, 2.45) is 0 Å². The molecule has 2 N–H and O–H groups in total. The summed E-state index contributed by atoms with van der Waals surface area (Å²) in [5.41, 5.74) is 2.70. The van der Waals surface area contributed by atoms with Crippen LogP contribution in [0.15, 0.2) is 65.9 Å². The van der Waals surface area contributed by atoms with Crippen molar-refractivity contribution in [2.75, 3.05) is 13.2 Å². The third kappa shape index (κ3) is 5.41. The highest BCUT2D eigenvalue weighted by Gasteiger charge is 2.33. The summed E-state index contributed by atoms with van der Waals surface area (Å²) in [5, 5.41) is 5.52. The van der Waals surface area contributed by atoms with Gasteiger partial charge in [-0.1, -0.05) is 61.9 Å². The number of benzene rings is 2. The maximum absolute atomic E-state index is 12.9. The van der Waals surface area contributed by atoms with E-state index >= 15 is 0 Å². The van der Waals surface area contributed by atoms with Gasteiger partial charge in [0, 0.05) is 17.7 Å². The Labute approximate surface area is 177 Å². The second-order valence-corrected chi connectivity index (χ2v) is 7.18. The van der Waals surface area contributed by atoms with E-state index in [9.17, 15) is 9.59 Å². The van der Waals surface area contributed by atoms with E-state index in [4.69, 9.17) is 9.47 Å². The van der Waals surface area contributed by atoms with E-state index < -0.39 is 12.0 Å². The van der Waals surface area contributed by atoms with Crippen molar-refractivity contribution in [3.8, 4) is 5.75 Å². The van der Waals surface area contributed by atoms with E-state index in [1.165, 1.54) is 0 Å². The minimum Gasteiger partial charge on any atom is -0.493 e. The largest absolute Gasteiger partial charge is 0.493 e. The summed E-state index contributed by atoms with van der Waals surface area (Å²) in [6.07, 6.45) is 2.57. The lowest BCUT2D eigenvalue weighted by molar-refractivity contribution is -0.139. The molecule has 0 aromatic heterocycles. The number of nitrogens with one attached hydrogen (secondary N) is 2. The molecule has 158 valence electrons. The molecule has 0 unspecified atom stereocenters. The Kier molecular flexibility index (Phi) is 7.49. The maximum Gasteiger partial charge on any atom is 0.338 e. The summed E-state index contributed by atoms with van der Waals surface area (Å²) < 4.78 is 11.5. The van der Waals surface area contributed by atoms with Gasteiger partial charge in [-0.2, -0.15) is 0 Å². The molecular weight excluding hydrogens is 380 g/mol. The van der Waals surface area contributed by atoms with Gasteiger partial charge in [0.05, 0.1) is 24.8 Å². The van der Waals surface area contributed by atoms with Crippen LogP contribution in [0.5, 0.6) is 5.75 Å². The van der Waals surface area contributed by atoms with Crippen molar-refractivity contribution < 1.29 is 19.1 Å². The number of amides is 2. The van der Waals surface area contributed by atoms with Gasteiger partial charge < -0.3 is 20.1 Å². The zero-order valence-electron chi connectivity index (χ0n) is 17.4. The van der Waals surface area contributed by atoms with E-state index in [2.05, 4.69) is 17.6 Å². The average molecular weight is 408 g/mol. The average Bonchev–Trinajstić information content (AvgIpc) is 2.74. The molecule has 1 aliphatic rings. The van der Waals surface area contributed by atoms with Gasteiger partial charge in [0.25, 0.3) is 0 Å². The molecule has 2 amide bonds. The Morgan fingerprint density at radius 2 is 1.77 bits per heavy atom. The first-order valence-electron chi connectivity index (χ1n) is 10.3. The molecule has 0 aliphatic carbocycles. The quantitative estimate of drug-likeness (QED) is 0.480. The third-order valence-corrected chi connectivity index (χ3v) is 4.94. The SMILES string of the molecule is CCCCOc1ccccc1[C@@H]1NC(=O)NC(C)=C1C(=O)OCCc1ccccc1. The van der Waals surface area contributed by atoms with Crippen LogP contribution in [0.25, 0.3) is 0 Å². The van der Waals surface area contributed by atoms with Crippen LogP contribution in [0, 0.1) is 0 Å². The smallest absolute Gasteiger partial charge is 0.338 e. The summed E-state index contributed by atoms with van der Waals surface area (Å²) >= 11 is 0. The molecule has 0 spiro atoms. The van der Waals surface area contributed by atoms with Crippen molar-refractivity contribution in [1.29, 1.82) is 0 Å². The Bertz CT molecular complexity index is 908. The molecule has 1 atom stereocenters. The first-order chi connectivity index (χ1) is 14.6. The highest BCUT2D eigenvalue weighted by molar-refractivity contribution is 5.95. The number of allylic oxidation sites excluding steroid dienone is 1. The standard InChI is InChI=1S/C24H28N2O4/c1-3-4-15-29-20-13-9-8-12-19(20)22-21(17(2)25-24(28)26-22)23(27)30-16-14-18-10-6-5-7-11-18/h5-13,22H,3-4,14-16H2,1-2H3,(H2,25,26,28)/t22-/m0/s1. The van der Waals surface area contributed by atoms with Gasteiger partial charge in [-0.25, -0.2) is 9.59 Å². The van der Waals surface area contributed by atoms with E-state index in [0.717, 1.165) is 24.0 Å². The summed E-state index contributed by atoms with van der Waals surface area (Å²) in [7, 11) is 0. The summed E-state index contributed by atoms with van der Waals surface area (Å²) in [5.74, 6) is 0.199. The Morgan fingerprint density at radius 3 is 2.53 bits per heavy atom. The number of urea groups is 1. The number of para-hydroxylation sites is 1. The second-order valence-electron chi connectivity index (χ2n) is 7.18. The Morgan fingerprint density at radius 1 is 1.03 bits per heavy atom. The van der Waals surface area contributed by atoms with Gasteiger partial charge in [-0.15, -0.1) is 0 Å². The predicted molar refractivity (Wildman–Crippen MR) is 115 cm³/mol. The molecule has 0 radical (unpaired) electrons. The minimum atomic E-state index is -0.638. The van der Waals surface area contributed by atoms with E-state index in [0.29, 0.717) is 30.0 Å². The normalized spacial score (nSPS) is 15.9. The molecule has 3 rings (SSSR count). The van der Waals surface area contributed by atoms with Gasteiger partial charge in [0.15, 0.2) is 0 Å². The fourth-order valence-corrected chi connectivity index (χ4v) is 3.36. The van der Waals surface area contributed by atoms with Crippen molar-refractivity contribution in [1.82, 2.24) is 10.6 Å². The molecule has 6 heteroatoms. The lowest BCUT2D eigenvalue weighted by atomic mass is 9.95. The number of hydrogen-bond donors (Lipinski definition) is 2. The van der Waals surface area contributed by atoms with Crippen LogP contribution in [-0.4, -0.2) is 25.2 Å². The zero-order chi connectivity index (χ0) is 21.3. The zero-order valence-corrected chi connectivity index (χ0v) is 17.4. The number of hydrogen-bond acceptors (Lipinski definition) is 4.